The van der Waals surface area contributed by atoms with Crippen molar-refractivity contribution in [1.29, 1.82) is 0 Å². The Morgan fingerprint density at radius 1 is 1.25 bits per heavy atom. The van der Waals surface area contributed by atoms with E-state index in [1.54, 1.807) is 23.6 Å². The van der Waals surface area contributed by atoms with Crippen LogP contribution >= 0.6 is 15.9 Å². The zero-order chi connectivity index (χ0) is 16.8. The van der Waals surface area contributed by atoms with Crippen LogP contribution in [0.4, 0.5) is 10.2 Å². The predicted molar refractivity (Wildman–Crippen MR) is 93.6 cm³/mol. The molecule has 1 N–H and O–H groups in total. The highest BCUT2D eigenvalue weighted by molar-refractivity contribution is 9.10. The Bertz CT molecular complexity index is 911. The molecule has 1 fully saturated rings. The molecule has 3 aromatic rings. The van der Waals surface area contributed by atoms with Gasteiger partial charge in [0.1, 0.15) is 12.1 Å². The van der Waals surface area contributed by atoms with Crippen molar-refractivity contribution in [2.45, 2.75) is 6.82 Å². The van der Waals surface area contributed by atoms with Crippen molar-refractivity contribution in [2.75, 3.05) is 31.1 Å². The van der Waals surface area contributed by atoms with Crippen LogP contribution in [0.15, 0.2) is 22.9 Å². The van der Waals surface area contributed by atoms with Gasteiger partial charge in [0.2, 0.25) is 5.65 Å². The number of benzene rings is 1. The second-order valence-corrected chi connectivity index (χ2v) is 6.72. The van der Waals surface area contributed by atoms with E-state index in [2.05, 4.69) is 31.0 Å². The highest BCUT2D eigenvalue weighted by Crippen LogP contribution is 2.27. The van der Waals surface area contributed by atoms with Crippen molar-refractivity contribution >= 4 is 45.5 Å². The van der Waals surface area contributed by atoms with Crippen LogP contribution in [0.1, 0.15) is 0 Å². The molecule has 4 rings (SSSR count). The number of aromatic nitrogens is 4. The molecule has 1 aromatic carbocycles. The summed E-state index contributed by atoms with van der Waals surface area (Å²) in [4.78, 5) is 8.83. The number of fused-ring (bicyclic) bond motifs is 3. The van der Waals surface area contributed by atoms with E-state index in [9.17, 15) is 9.41 Å². The second kappa shape index (κ2) is 5.94. The number of rotatable bonds is 2. The standard InChI is InChI=1S/C14H15BBrFN6O/c1-15(24)22-4-2-21(3-5-22)13-14-20-18-8-23(14)12-7-10(17)9(16)6-11(12)19-13/h6-8,24H,2-5H2,1H3. The SMILES string of the molecule is CB(O)N1CCN(c2nc3cc(Br)c(F)cc3n3cnnc23)CC1. The van der Waals surface area contributed by atoms with Crippen LogP contribution in [0.3, 0.4) is 0 Å². The Balaban J connectivity index is 1.80. The second-order valence-electron chi connectivity index (χ2n) is 5.87. The van der Waals surface area contributed by atoms with Crippen LogP contribution in [0.25, 0.3) is 16.7 Å². The van der Waals surface area contributed by atoms with Gasteiger partial charge in [-0.15, -0.1) is 10.2 Å². The summed E-state index contributed by atoms with van der Waals surface area (Å²) in [5.74, 6) is 0.376. The van der Waals surface area contributed by atoms with Crippen LogP contribution in [-0.4, -0.2) is 62.6 Å². The van der Waals surface area contributed by atoms with Crippen molar-refractivity contribution < 1.29 is 9.41 Å². The molecule has 0 saturated carbocycles. The quantitative estimate of drug-likeness (QED) is 0.665. The van der Waals surface area contributed by atoms with Crippen LogP contribution in [0.2, 0.25) is 6.82 Å². The number of nitrogens with zero attached hydrogens (tertiary/aromatic N) is 6. The summed E-state index contributed by atoms with van der Waals surface area (Å²) in [6, 6.07) is 3.09. The molecule has 0 unspecified atom stereocenters. The molecule has 3 heterocycles. The molecule has 0 radical (unpaired) electrons. The van der Waals surface area contributed by atoms with Gasteiger partial charge in [-0.2, -0.15) is 0 Å². The average molecular weight is 393 g/mol. The molecule has 0 aliphatic carbocycles. The molecule has 7 nitrogen and oxygen atoms in total. The zero-order valence-corrected chi connectivity index (χ0v) is 14.6. The Hall–Kier alpha value is -1.78. The predicted octanol–water partition coefficient (Wildman–Crippen LogP) is 1.41. The lowest BCUT2D eigenvalue weighted by atomic mass is 9.84. The molecule has 1 saturated heterocycles. The van der Waals surface area contributed by atoms with Crippen molar-refractivity contribution in [3.8, 4) is 0 Å². The van der Waals surface area contributed by atoms with Gasteiger partial charge >= 0.3 is 7.05 Å². The minimum Gasteiger partial charge on any atom is -0.437 e. The minimum absolute atomic E-state index is 0.349. The number of hydrogen-bond donors (Lipinski definition) is 1. The molecular weight excluding hydrogens is 378 g/mol. The first-order valence-electron chi connectivity index (χ1n) is 7.70. The molecule has 0 bridgehead atoms. The maximum absolute atomic E-state index is 13.9. The van der Waals surface area contributed by atoms with Gasteiger partial charge < -0.3 is 14.7 Å². The van der Waals surface area contributed by atoms with Crippen LogP contribution in [-0.2, 0) is 0 Å². The van der Waals surface area contributed by atoms with E-state index in [4.69, 9.17) is 4.98 Å². The molecule has 10 heteroatoms. The summed E-state index contributed by atoms with van der Waals surface area (Å²) < 4.78 is 16.0. The summed E-state index contributed by atoms with van der Waals surface area (Å²) in [7, 11) is -0.455. The fourth-order valence-electron chi connectivity index (χ4n) is 3.06. The fourth-order valence-corrected chi connectivity index (χ4v) is 3.39. The molecule has 124 valence electrons. The third kappa shape index (κ3) is 2.54. The van der Waals surface area contributed by atoms with Crippen molar-refractivity contribution in [3.63, 3.8) is 0 Å². The van der Waals surface area contributed by atoms with Gasteiger partial charge in [-0.3, -0.25) is 4.40 Å². The van der Waals surface area contributed by atoms with Gasteiger partial charge in [0.05, 0.1) is 15.5 Å². The van der Waals surface area contributed by atoms with Crippen molar-refractivity contribution in [1.82, 2.24) is 24.4 Å². The zero-order valence-electron chi connectivity index (χ0n) is 13.0. The lowest BCUT2D eigenvalue weighted by Gasteiger charge is -2.36. The van der Waals surface area contributed by atoms with Gasteiger partial charge in [-0.25, -0.2) is 9.37 Å². The highest BCUT2D eigenvalue weighted by atomic mass is 79.9. The first-order valence-corrected chi connectivity index (χ1v) is 8.49. The molecule has 2 aromatic heterocycles. The molecule has 0 atom stereocenters. The van der Waals surface area contributed by atoms with Crippen LogP contribution in [0.5, 0.6) is 0 Å². The molecule has 0 spiro atoms. The number of piperazine rings is 1. The van der Waals surface area contributed by atoms with Gasteiger partial charge in [-0.1, -0.05) is 0 Å². The third-order valence-corrected chi connectivity index (χ3v) is 5.00. The molecule has 1 aliphatic rings. The van der Waals surface area contributed by atoms with Crippen LogP contribution < -0.4 is 4.90 Å². The number of anilines is 1. The summed E-state index contributed by atoms with van der Waals surface area (Å²) in [6.45, 7) is 4.71. The lowest BCUT2D eigenvalue weighted by Crippen LogP contribution is -2.51. The Labute approximate surface area is 146 Å². The smallest absolute Gasteiger partial charge is 0.376 e. The Morgan fingerprint density at radius 2 is 2.00 bits per heavy atom. The van der Waals surface area contributed by atoms with Gasteiger partial charge in [0, 0.05) is 32.2 Å². The van der Waals surface area contributed by atoms with Gasteiger partial charge in [-0.05, 0) is 28.8 Å². The first-order chi connectivity index (χ1) is 11.5. The maximum Gasteiger partial charge on any atom is 0.376 e. The molecular formula is C14H15BBrFN6O. The summed E-state index contributed by atoms with van der Waals surface area (Å²) in [5.41, 5.74) is 1.90. The van der Waals surface area contributed by atoms with Crippen molar-refractivity contribution in [3.05, 3.63) is 28.7 Å². The third-order valence-electron chi connectivity index (χ3n) is 4.39. The van der Waals surface area contributed by atoms with Gasteiger partial charge in [0.15, 0.2) is 5.82 Å². The largest absolute Gasteiger partial charge is 0.437 e. The highest BCUT2D eigenvalue weighted by Gasteiger charge is 2.25. The Kier molecular flexibility index (Phi) is 3.90. The van der Waals surface area contributed by atoms with E-state index in [1.165, 1.54) is 6.07 Å². The number of hydrogen-bond acceptors (Lipinski definition) is 6. The van der Waals surface area contributed by atoms with E-state index in [-0.39, 0.29) is 5.82 Å². The van der Waals surface area contributed by atoms with E-state index >= 15 is 0 Å². The maximum atomic E-state index is 13.9. The molecule has 1 aliphatic heterocycles. The monoisotopic (exact) mass is 392 g/mol. The summed E-state index contributed by atoms with van der Waals surface area (Å²) >= 11 is 3.21. The first kappa shape index (κ1) is 15.7. The number of halogens is 2. The van der Waals surface area contributed by atoms with Crippen LogP contribution in [0, 0.1) is 5.82 Å². The van der Waals surface area contributed by atoms with E-state index in [0.29, 0.717) is 21.2 Å². The Morgan fingerprint density at radius 3 is 2.71 bits per heavy atom. The van der Waals surface area contributed by atoms with Crippen molar-refractivity contribution in [2.24, 2.45) is 0 Å². The summed E-state index contributed by atoms with van der Waals surface area (Å²) in [6.07, 6.45) is 1.57. The average Bonchev–Trinajstić information content (AvgIpc) is 3.05. The molecule has 24 heavy (non-hydrogen) atoms. The van der Waals surface area contributed by atoms with E-state index in [1.807, 2.05) is 4.81 Å². The van der Waals surface area contributed by atoms with Gasteiger partial charge in [0.25, 0.3) is 0 Å². The fraction of sp³-hybridized carbons (Fsp3) is 0.357. The van der Waals surface area contributed by atoms with E-state index in [0.717, 1.165) is 32.0 Å². The minimum atomic E-state index is -0.455. The summed E-state index contributed by atoms with van der Waals surface area (Å²) in [5, 5.41) is 17.8. The lowest BCUT2D eigenvalue weighted by molar-refractivity contribution is 0.344. The van der Waals surface area contributed by atoms with E-state index < -0.39 is 7.05 Å². The molecule has 0 amide bonds. The topological polar surface area (TPSA) is 69.8 Å². The normalized spacial score (nSPS) is 16.2.